The van der Waals surface area contributed by atoms with E-state index >= 15 is 0 Å². The van der Waals surface area contributed by atoms with Crippen LogP contribution in [0.4, 0.5) is 0 Å². The summed E-state index contributed by atoms with van der Waals surface area (Å²) in [6, 6.07) is 10.1. The highest BCUT2D eigenvalue weighted by atomic mass is 16.5. The molecule has 0 spiro atoms. The third-order valence-corrected chi connectivity index (χ3v) is 3.89. The lowest BCUT2D eigenvalue weighted by Gasteiger charge is -2.14. The summed E-state index contributed by atoms with van der Waals surface area (Å²) in [6.07, 6.45) is 1.98. The van der Waals surface area contributed by atoms with Gasteiger partial charge in [-0.2, -0.15) is 0 Å². The second-order valence-corrected chi connectivity index (χ2v) is 5.86. The molecule has 0 aromatic heterocycles. The molecule has 0 N–H and O–H groups in total. The third kappa shape index (κ3) is 5.23. The van der Waals surface area contributed by atoms with E-state index in [-0.39, 0.29) is 0 Å². The number of hydrogen-bond donors (Lipinski definition) is 0. The Kier molecular flexibility index (Phi) is 7.23. The van der Waals surface area contributed by atoms with Gasteiger partial charge in [0, 0.05) is 6.92 Å². The summed E-state index contributed by atoms with van der Waals surface area (Å²) in [6.45, 7) is 4.01. The highest BCUT2D eigenvalue weighted by Gasteiger charge is 2.17. The van der Waals surface area contributed by atoms with E-state index in [0.717, 1.165) is 12.8 Å². The monoisotopic (exact) mass is 372 g/mol. The molecule has 6 heteroatoms. The molecule has 0 bridgehead atoms. The fourth-order valence-electron chi connectivity index (χ4n) is 2.56. The van der Waals surface area contributed by atoms with Crippen molar-refractivity contribution < 1.29 is 28.5 Å². The summed E-state index contributed by atoms with van der Waals surface area (Å²) in [4.78, 5) is 23.4. The first-order chi connectivity index (χ1) is 13.0. The number of rotatable bonds is 8. The summed E-state index contributed by atoms with van der Waals surface area (Å²) >= 11 is 0. The Balaban J connectivity index is 2.47. The predicted molar refractivity (Wildman–Crippen MR) is 101 cm³/mol. The first-order valence-corrected chi connectivity index (χ1v) is 8.72. The lowest BCUT2D eigenvalue weighted by molar-refractivity contribution is -0.131. The van der Waals surface area contributed by atoms with Gasteiger partial charge in [-0.1, -0.05) is 19.4 Å². The van der Waals surface area contributed by atoms with Crippen LogP contribution in [0.25, 0.3) is 11.1 Å². The number of ether oxygens (including phenoxy) is 4. The molecule has 2 aromatic rings. The molecule has 0 fully saturated rings. The van der Waals surface area contributed by atoms with Gasteiger partial charge in [0.25, 0.3) is 0 Å². The van der Waals surface area contributed by atoms with Crippen molar-refractivity contribution in [2.75, 3.05) is 20.8 Å². The lowest BCUT2D eigenvalue weighted by Crippen LogP contribution is -2.06. The van der Waals surface area contributed by atoms with Gasteiger partial charge in [-0.25, -0.2) is 4.79 Å². The van der Waals surface area contributed by atoms with Crippen molar-refractivity contribution in [3.63, 3.8) is 0 Å². The lowest BCUT2D eigenvalue weighted by atomic mass is 9.98. The van der Waals surface area contributed by atoms with Crippen molar-refractivity contribution in [2.45, 2.75) is 26.7 Å². The van der Waals surface area contributed by atoms with E-state index < -0.39 is 11.9 Å². The molecule has 0 heterocycles. The molecule has 0 saturated carbocycles. The van der Waals surface area contributed by atoms with E-state index in [1.165, 1.54) is 14.0 Å². The van der Waals surface area contributed by atoms with Crippen molar-refractivity contribution in [1.29, 1.82) is 0 Å². The van der Waals surface area contributed by atoms with Crippen LogP contribution in [-0.2, 0) is 9.53 Å². The molecule has 6 nitrogen and oxygen atoms in total. The maximum atomic E-state index is 12.2. The zero-order chi connectivity index (χ0) is 19.8. The Hall–Kier alpha value is -3.02. The van der Waals surface area contributed by atoms with Crippen LogP contribution in [-0.4, -0.2) is 32.8 Å². The number of unbranched alkanes of at least 4 members (excludes halogenated alkanes) is 1. The predicted octanol–water partition coefficient (Wildman–Crippen LogP) is 4.25. The second-order valence-electron chi connectivity index (χ2n) is 5.86. The largest absolute Gasteiger partial charge is 0.493 e. The Labute approximate surface area is 159 Å². The molecular weight excluding hydrogens is 348 g/mol. The molecule has 144 valence electrons. The summed E-state index contributed by atoms with van der Waals surface area (Å²) in [5.74, 6) is 0.598. The zero-order valence-corrected chi connectivity index (χ0v) is 16.0. The highest BCUT2D eigenvalue weighted by molar-refractivity contribution is 5.98. The van der Waals surface area contributed by atoms with Gasteiger partial charge in [0.15, 0.2) is 11.5 Å². The number of carbonyl (C=O) groups excluding carboxylic acids is 2. The van der Waals surface area contributed by atoms with Gasteiger partial charge in [0.05, 0.1) is 26.4 Å². The summed E-state index contributed by atoms with van der Waals surface area (Å²) in [5.41, 5.74) is 1.64. The van der Waals surface area contributed by atoms with E-state index in [0.29, 0.717) is 40.5 Å². The van der Waals surface area contributed by atoms with Crippen LogP contribution < -0.4 is 14.2 Å². The van der Waals surface area contributed by atoms with Crippen LogP contribution in [0.15, 0.2) is 36.4 Å². The first kappa shape index (κ1) is 20.3. The van der Waals surface area contributed by atoms with Gasteiger partial charge in [-0.3, -0.25) is 4.79 Å². The van der Waals surface area contributed by atoms with Crippen LogP contribution in [0.2, 0.25) is 0 Å². The molecule has 0 aliphatic heterocycles. The van der Waals surface area contributed by atoms with Crippen molar-refractivity contribution in [3.8, 4) is 28.4 Å². The van der Waals surface area contributed by atoms with E-state index in [4.69, 9.17) is 18.9 Å². The maximum absolute atomic E-state index is 12.2. The van der Waals surface area contributed by atoms with Crippen molar-refractivity contribution >= 4 is 11.9 Å². The van der Waals surface area contributed by atoms with Crippen LogP contribution >= 0.6 is 0 Å². The molecule has 0 amide bonds. The van der Waals surface area contributed by atoms with E-state index in [2.05, 4.69) is 6.92 Å². The molecule has 2 rings (SSSR count). The van der Waals surface area contributed by atoms with E-state index in [9.17, 15) is 9.59 Å². The quantitative estimate of drug-likeness (QED) is 0.392. The molecule has 0 aliphatic carbocycles. The average Bonchev–Trinajstić information content (AvgIpc) is 2.67. The van der Waals surface area contributed by atoms with Gasteiger partial charge < -0.3 is 18.9 Å². The number of benzene rings is 2. The summed E-state index contributed by atoms with van der Waals surface area (Å²) in [7, 11) is 2.87. The van der Waals surface area contributed by atoms with Crippen molar-refractivity contribution in [2.24, 2.45) is 0 Å². The Morgan fingerprint density at radius 3 is 2.41 bits per heavy atom. The number of hydrogen-bond acceptors (Lipinski definition) is 6. The van der Waals surface area contributed by atoms with Gasteiger partial charge in [0.2, 0.25) is 0 Å². The Morgan fingerprint density at radius 1 is 1.00 bits per heavy atom. The number of methoxy groups -OCH3 is 2. The zero-order valence-electron chi connectivity index (χ0n) is 16.0. The van der Waals surface area contributed by atoms with Crippen LogP contribution in [0.5, 0.6) is 17.2 Å². The summed E-state index contributed by atoms with van der Waals surface area (Å²) in [5, 5.41) is 0. The standard InChI is InChI=1S/C21H24O6/c1-5-6-11-26-19-10-7-15(12-20(19)24-3)18-13-16(27-14(2)22)8-9-17(18)21(23)25-4/h7-10,12-13H,5-6,11H2,1-4H3. The third-order valence-electron chi connectivity index (χ3n) is 3.89. The molecule has 0 atom stereocenters. The minimum Gasteiger partial charge on any atom is -0.493 e. The van der Waals surface area contributed by atoms with Gasteiger partial charge >= 0.3 is 11.9 Å². The molecule has 2 aromatic carbocycles. The SMILES string of the molecule is CCCCOc1ccc(-c2cc(OC(C)=O)ccc2C(=O)OC)cc1OC. The van der Waals surface area contributed by atoms with Gasteiger partial charge in [-0.15, -0.1) is 0 Å². The first-order valence-electron chi connectivity index (χ1n) is 8.72. The molecule has 27 heavy (non-hydrogen) atoms. The molecule has 0 radical (unpaired) electrons. The smallest absolute Gasteiger partial charge is 0.338 e. The van der Waals surface area contributed by atoms with Crippen LogP contribution in [0.1, 0.15) is 37.0 Å². The minimum atomic E-state index is -0.485. The molecule has 0 saturated heterocycles. The van der Waals surface area contributed by atoms with Gasteiger partial charge in [-0.05, 0) is 47.9 Å². The normalized spacial score (nSPS) is 10.2. The van der Waals surface area contributed by atoms with E-state index in [1.54, 1.807) is 37.4 Å². The highest BCUT2D eigenvalue weighted by Crippen LogP contribution is 2.35. The minimum absolute atomic E-state index is 0.340. The fraction of sp³-hybridized carbons (Fsp3) is 0.333. The molecule has 0 aliphatic rings. The van der Waals surface area contributed by atoms with E-state index in [1.807, 2.05) is 6.07 Å². The van der Waals surface area contributed by atoms with Gasteiger partial charge in [0.1, 0.15) is 5.75 Å². The van der Waals surface area contributed by atoms with Crippen molar-refractivity contribution in [1.82, 2.24) is 0 Å². The molecular formula is C21H24O6. The Bertz CT molecular complexity index is 812. The Morgan fingerprint density at radius 2 is 1.78 bits per heavy atom. The number of esters is 2. The average molecular weight is 372 g/mol. The van der Waals surface area contributed by atoms with Crippen LogP contribution in [0.3, 0.4) is 0 Å². The molecule has 0 unspecified atom stereocenters. The maximum Gasteiger partial charge on any atom is 0.338 e. The fourth-order valence-corrected chi connectivity index (χ4v) is 2.56. The topological polar surface area (TPSA) is 71.1 Å². The summed E-state index contributed by atoms with van der Waals surface area (Å²) < 4.78 is 21.2. The van der Waals surface area contributed by atoms with Crippen LogP contribution in [0, 0.1) is 0 Å². The second kappa shape index (κ2) is 9.62. The number of carbonyl (C=O) groups is 2. The van der Waals surface area contributed by atoms with Crippen molar-refractivity contribution in [3.05, 3.63) is 42.0 Å².